The van der Waals surface area contributed by atoms with Gasteiger partial charge in [0.15, 0.2) is 0 Å². The van der Waals surface area contributed by atoms with E-state index in [9.17, 15) is 0 Å². The molecule has 3 aromatic heterocycles. The van der Waals surface area contributed by atoms with Crippen molar-refractivity contribution in [1.82, 2.24) is 25.1 Å². The lowest BCUT2D eigenvalue weighted by Gasteiger charge is -2.22. The van der Waals surface area contributed by atoms with E-state index in [1.165, 1.54) is 10.9 Å². The number of hydrogen-bond acceptors (Lipinski definition) is 6. The maximum Gasteiger partial charge on any atom is 0.266 e. The number of benzene rings is 2. The highest BCUT2D eigenvalue weighted by Gasteiger charge is 2.31. The first-order valence-corrected chi connectivity index (χ1v) is 10.6. The number of aromatic nitrogens is 4. The van der Waals surface area contributed by atoms with Gasteiger partial charge in [-0.15, -0.1) is 10.2 Å². The summed E-state index contributed by atoms with van der Waals surface area (Å²) in [6.07, 6.45) is 5.79. The lowest BCUT2D eigenvalue weighted by Crippen LogP contribution is -2.23. The van der Waals surface area contributed by atoms with Gasteiger partial charge in [-0.1, -0.05) is 42.5 Å². The van der Waals surface area contributed by atoms with Crippen molar-refractivity contribution < 1.29 is 4.42 Å². The Hall–Kier alpha value is -3.64. The summed E-state index contributed by atoms with van der Waals surface area (Å²) in [5.74, 6) is 1.15. The fraction of sp³-hybridized carbons (Fsp3) is 0.200. The van der Waals surface area contributed by atoms with Crippen LogP contribution < -0.4 is 0 Å². The summed E-state index contributed by atoms with van der Waals surface area (Å²) >= 11 is 0. The van der Waals surface area contributed by atoms with E-state index in [1.807, 2.05) is 36.5 Å². The first-order chi connectivity index (χ1) is 15.4. The summed E-state index contributed by atoms with van der Waals surface area (Å²) in [6, 6.07) is 20.6. The third-order valence-electron chi connectivity index (χ3n) is 6.08. The van der Waals surface area contributed by atoms with E-state index in [-0.39, 0.29) is 6.04 Å². The monoisotopic (exact) mass is 407 g/mol. The van der Waals surface area contributed by atoms with Crippen molar-refractivity contribution in [3.63, 3.8) is 0 Å². The van der Waals surface area contributed by atoms with Crippen LogP contribution in [0.2, 0.25) is 0 Å². The Morgan fingerprint density at radius 3 is 2.68 bits per heavy atom. The molecule has 0 radical (unpaired) electrons. The molecule has 1 fully saturated rings. The van der Waals surface area contributed by atoms with E-state index < -0.39 is 0 Å². The van der Waals surface area contributed by atoms with E-state index >= 15 is 0 Å². The van der Waals surface area contributed by atoms with Gasteiger partial charge in [-0.2, -0.15) is 0 Å². The molecule has 31 heavy (non-hydrogen) atoms. The second-order valence-corrected chi connectivity index (χ2v) is 7.94. The zero-order chi connectivity index (χ0) is 20.6. The van der Waals surface area contributed by atoms with E-state index in [0.29, 0.717) is 11.8 Å². The molecule has 0 saturated carbocycles. The first-order valence-electron chi connectivity index (χ1n) is 10.6. The number of hydrogen-bond donors (Lipinski definition) is 0. The zero-order valence-electron chi connectivity index (χ0n) is 17.0. The van der Waals surface area contributed by atoms with Gasteiger partial charge in [-0.3, -0.25) is 14.9 Å². The van der Waals surface area contributed by atoms with Gasteiger partial charge in [0.1, 0.15) is 5.69 Å². The third kappa shape index (κ3) is 3.25. The summed E-state index contributed by atoms with van der Waals surface area (Å²) in [5, 5.41) is 12.1. The number of pyridine rings is 2. The molecule has 0 aliphatic carbocycles. The van der Waals surface area contributed by atoms with Crippen molar-refractivity contribution in [1.29, 1.82) is 0 Å². The van der Waals surface area contributed by atoms with Gasteiger partial charge in [0.2, 0.25) is 5.89 Å². The standard InChI is InChI=1S/C25H21N5O/c1-2-8-20-17(6-1)11-14-27-23(20)25-29-28-24(31-25)22-10-5-15-30(22)16-18-12-13-26-21-9-4-3-7-19(18)21/h1-4,6-9,11-14,22H,5,10,15-16H2/t22-/m1/s1. The lowest BCUT2D eigenvalue weighted by atomic mass is 10.1. The maximum atomic E-state index is 6.18. The van der Waals surface area contributed by atoms with Crippen LogP contribution in [0.1, 0.15) is 30.3 Å². The van der Waals surface area contributed by atoms with Gasteiger partial charge >= 0.3 is 0 Å². The summed E-state index contributed by atoms with van der Waals surface area (Å²) in [4.78, 5) is 11.4. The molecule has 0 amide bonds. The van der Waals surface area contributed by atoms with Crippen molar-refractivity contribution in [2.24, 2.45) is 0 Å². The summed E-state index contributed by atoms with van der Waals surface area (Å²) < 4.78 is 6.18. The van der Waals surface area contributed by atoms with Gasteiger partial charge in [0.05, 0.1) is 11.6 Å². The average molecular weight is 407 g/mol. The molecule has 2 aromatic carbocycles. The fourth-order valence-corrected chi connectivity index (χ4v) is 4.56. The fourth-order valence-electron chi connectivity index (χ4n) is 4.56. The smallest absolute Gasteiger partial charge is 0.266 e. The van der Waals surface area contributed by atoms with Crippen molar-refractivity contribution in [2.45, 2.75) is 25.4 Å². The Balaban J connectivity index is 1.31. The van der Waals surface area contributed by atoms with E-state index in [4.69, 9.17) is 4.42 Å². The minimum atomic E-state index is 0.114. The largest absolute Gasteiger partial charge is 0.418 e. The van der Waals surface area contributed by atoms with Gasteiger partial charge < -0.3 is 4.42 Å². The average Bonchev–Trinajstić information content (AvgIpc) is 3.48. The van der Waals surface area contributed by atoms with Gasteiger partial charge in [0, 0.05) is 29.7 Å². The molecule has 6 nitrogen and oxygen atoms in total. The van der Waals surface area contributed by atoms with Crippen molar-refractivity contribution in [3.8, 4) is 11.6 Å². The van der Waals surface area contributed by atoms with E-state index in [2.05, 4.69) is 55.4 Å². The maximum absolute atomic E-state index is 6.18. The lowest BCUT2D eigenvalue weighted by molar-refractivity contribution is 0.216. The molecule has 0 spiro atoms. The molecule has 0 N–H and O–H groups in total. The van der Waals surface area contributed by atoms with E-state index in [1.54, 1.807) is 6.20 Å². The van der Waals surface area contributed by atoms with Gasteiger partial charge in [0.25, 0.3) is 5.89 Å². The van der Waals surface area contributed by atoms with Crippen LogP contribution in [0, 0.1) is 0 Å². The minimum Gasteiger partial charge on any atom is -0.418 e. The van der Waals surface area contributed by atoms with Gasteiger partial charge in [-0.05, 0) is 48.5 Å². The van der Waals surface area contributed by atoms with Crippen molar-refractivity contribution >= 4 is 21.7 Å². The van der Waals surface area contributed by atoms with E-state index in [0.717, 1.165) is 47.9 Å². The molecule has 0 bridgehead atoms. The molecule has 0 unspecified atom stereocenters. The highest BCUT2D eigenvalue weighted by atomic mass is 16.4. The van der Waals surface area contributed by atoms with Crippen LogP contribution in [0.4, 0.5) is 0 Å². The highest BCUT2D eigenvalue weighted by Crippen LogP contribution is 2.35. The predicted molar refractivity (Wildman–Crippen MR) is 119 cm³/mol. The van der Waals surface area contributed by atoms with Crippen molar-refractivity contribution in [3.05, 3.63) is 84.5 Å². The number of para-hydroxylation sites is 1. The number of rotatable bonds is 4. The summed E-state index contributed by atoms with van der Waals surface area (Å²) in [6.45, 7) is 1.84. The quantitative estimate of drug-likeness (QED) is 0.409. The van der Waals surface area contributed by atoms with Crippen LogP contribution in [-0.2, 0) is 6.54 Å². The number of likely N-dealkylation sites (tertiary alicyclic amines) is 1. The Morgan fingerprint density at radius 1 is 0.871 bits per heavy atom. The van der Waals surface area contributed by atoms with Crippen LogP contribution in [0.25, 0.3) is 33.3 Å². The SMILES string of the molecule is c1ccc2c(-c3nnc([C@H]4CCCN4Cc4ccnc5ccccc45)o3)nccc2c1. The Bertz CT molecular complexity index is 1370. The molecular weight excluding hydrogens is 386 g/mol. The van der Waals surface area contributed by atoms with Crippen LogP contribution in [0.3, 0.4) is 0 Å². The summed E-state index contributed by atoms with van der Waals surface area (Å²) in [5.41, 5.74) is 3.03. The predicted octanol–water partition coefficient (Wildman–Crippen LogP) is 5.17. The Labute approximate surface area is 179 Å². The third-order valence-corrected chi connectivity index (χ3v) is 6.08. The van der Waals surface area contributed by atoms with Crippen molar-refractivity contribution in [2.75, 3.05) is 6.54 Å². The van der Waals surface area contributed by atoms with Crippen LogP contribution >= 0.6 is 0 Å². The molecular formula is C25H21N5O. The topological polar surface area (TPSA) is 67.9 Å². The number of nitrogens with zero attached hydrogens (tertiary/aromatic N) is 5. The molecule has 4 heterocycles. The van der Waals surface area contributed by atoms with Crippen LogP contribution in [0.15, 0.2) is 77.5 Å². The molecule has 1 aliphatic heterocycles. The van der Waals surface area contributed by atoms with Crippen LogP contribution in [0.5, 0.6) is 0 Å². The van der Waals surface area contributed by atoms with Gasteiger partial charge in [-0.25, -0.2) is 0 Å². The zero-order valence-corrected chi connectivity index (χ0v) is 17.0. The Kier molecular flexibility index (Phi) is 4.43. The number of fused-ring (bicyclic) bond motifs is 2. The second-order valence-electron chi connectivity index (χ2n) is 7.94. The molecule has 6 heteroatoms. The normalized spacial score (nSPS) is 17.0. The molecule has 6 rings (SSSR count). The summed E-state index contributed by atoms with van der Waals surface area (Å²) in [7, 11) is 0. The molecule has 5 aromatic rings. The molecule has 1 aliphatic rings. The second kappa shape index (κ2) is 7.56. The minimum absolute atomic E-state index is 0.114. The molecule has 1 atom stereocenters. The first kappa shape index (κ1) is 18.2. The molecule has 1 saturated heterocycles. The molecule has 152 valence electrons. The highest BCUT2D eigenvalue weighted by molar-refractivity contribution is 5.92. The van der Waals surface area contributed by atoms with Crippen LogP contribution in [-0.4, -0.2) is 31.6 Å². The Morgan fingerprint density at radius 2 is 1.71 bits per heavy atom.